The lowest BCUT2D eigenvalue weighted by Crippen LogP contribution is -2.04. The Morgan fingerprint density at radius 3 is 2.00 bits per heavy atom. The van der Waals surface area contributed by atoms with Gasteiger partial charge < -0.3 is 13.8 Å². The second-order valence-corrected chi connectivity index (χ2v) is 5.04. The molecular formula is C8H15O5P. The Hall–Kier alpha value is -0.510. The molecule has 0 aromatic heterocycles. The first-order valence-corrected chi connectivity index (χ1v) is 5.75. The lowest BCUT2D eigenvalue weighted by Gasteiger charge is -2.11. The molecule has 0 aliphatic carbocycles. The number of Topliss-reactive ketones (excluding diaryl/α,β-unsaturated/α-hetero) is 1. The highest BCUT2D eigenvalue weighted by Crippen LogP contribution is 2.48. The molecule has 0 rings (SSSR count). The van der Waals surface area contributed by atoms with Gasteiger partial charge in [0.2, 0.25) is 5.52 Å². The first kappa shape index (κ1) is 13.5. The van der Waals surface area contributed by atoms with Crippen molar-refractivity contribution in [3.63, 3.8) is 0 Å². The van der Waals surface area contributed by atoms with E-state index in [1.54, 1.807) is 0 Å². The van der Waals surface area contributed by atoms with Gasteiger partial charge in [0, 0.05) is 27.1 Å². The molecule has 82 valence electrons. The van der Waals surface area contributed by atoms with E-state index >= 15 is 0 Å². The van der Waals surface area contributed by atoms with Crippen LogP contribution < -0.4 is 0 Å². The summed E-state index contributed by atoms with van der Waals surface area (Å²) >= 11 is 0. The maximum absolute atomic E-state index is 11.4. The minimum atomic E-state index is -3.58. The van der Waals surface area contributed by atoms with E-state index in [-0.39, 0.29) is 12.2 Å². The van der Waals surface area contributed by atoms with Crippen molar-refractivity contribution >= 4 is 18.9 Å². The third-order valence-electron chi connectivity index (χ3n) is 1.71. The molecule has 0 amide bonds. The average Bonchev–Trinajstić information content (AvgIpc) is 2.15. The highest BCUT2D eigenvalue weighted by molar-refractivity contribution is 7.71. The molecule has 0 unspecified atom stereocenters. The minimum Gasteiger partial charge on any atom is -0.307 e. The molecule has 0 atom stereocenters. The fourth-order valence-electron chi connectivity index (χ4n) is 0.904. The zero-order valence-electron chi connectivity index (χ0n) is 8.61. The lowest BCUT2D eigenvalue weighted by molar-refractivity contribution is -0.117. The van der Waals surface area contributed by atoms with Crippen LogP contribution in [0, 0.1) is 0 Å². The van der Waals surface area contributed by atoms with Crippen LogP contribution in [0.4, 0.5) is 0 Å². The summed E-state index contributed by atoms with van der Waals surface area (Å²) in [6.07, 6.45) is 0.725. The molecule has 0 fully saturated rings. The summed E-state index contributed by atoms with van der Waals surface area (Å²) in [5.74, 6) is 0.00228. The molecule has 0 saturated carbocycles. The van der Waals surface area contributed by atoms with Gasteiger partial charge in [0.05, 0.1) is 0 Å². The Kier molecular flexibility index (Phi) is 5.84. The number of hydrogen-bond donors (Lipinski definition) is 0. The van der Waals surface area contributed by atoms with Gasteiger partial charge in [-0.05, 0) is 13.3 Å². The molecule has 0 N–H and O–H groups in total. The van der Waals surface area contributed by atoms with Crippen LogP contribution in [0.15, 0.2) is 0 Å². The van der Waals surface area contributed by atoms with E-state index in [0.29, 0.717) is 12.8 Å². The van der Waals surface area contributed by atoms with Gasteiger partial charge in [-0.3, -0.25) is 9.36 Å². The number of rotatable bonds is 7. The first-order valence-electron chi connectivity index (χ1n) is 4.20. The van der Waals surface area contributed by atoms with E-state index in [1.807, 2.05) is 0 Å². The summed E-state index contributed by atoms with van der Waals surface area (Å²) in [6.45, 7) is 1.44. The highest BCUT2D eigenvalue weighted by atomic mass is 31.2. The van der Waals surface area contributed by atoms with Crippen molar-refractivity contribution in [2.75, 3.05) is 14.2 Å². The molecule has 0 aliphatic rings. The summed E-state index contributed by atoms with van der Waals surface area (Å²) in [7, 11) is -1.26. The van der Waals surface area contributed by atoms with Gasteiger partial charge in [-0.25, -0.2) is 0 Å². The second kappa shape index (κ2) is 6.06. The molecule has 0 heterocycles. The summed E-state index contributed by atoms with van der Waals surface area (Å²) in [5, 5.41) is 0. The van der Waals surface area contributed by atoms with Crippen LogP contribution in [-0.2, 0) is 23.2 Å². The molecule has 0 bridgehead atoms. The molecule has 0 aromatic carbocycles. The second-order valence-electron chi connectivity index (χ2n) is 2.81. The summed E-state index contributed by atoms with van der Waals surface area (Å²) in [4.78, 5) is 21.9. The predicted molar refractivity (Wildman–Crippen MR) is 51.2 cm³/mol. The Labute approximate surface area is 83.3 Å². The molecule has 6 heteroatoms. The smallest absolute Gasteiger partial charge is 0.307 e. The standard InChI is InChI=1S/C8H15O5P/c1-7(9)5-4-6-8(10)14(11,12-2)13-3/h4-6H2,1-3H3. The van der Waals surface area contributed by atoms with E-state index in [2.05, 4.69) is 9.05 Å². The number of hydrogen-bond acceptors (Lipinski definition) is 5. The summed E-state index contributed by atoms with van der Waals surface area (Å²) in [5.41, 5.74) is -0.580. The Morgan fingerprint density at radius 2 is 1.64 bits per heavy atom. The van der Waals surface area contributed by atoms with Crippen LogP contribution >= 0.6 is 7.60 Å². The van der Waals surface area contributed by atoms with E-state index in [4.69, 9.17) is 0 Å². The van der Waals surface area contributed by atoms with Crippen molar-refractivity contribution in [3.8, 4) is 0 Å². The van der Waals surface area contributed by atoms with Gasteiger partial charge in [0.1, 0.15) is 5.78 Å². The monoisotopic (exact) mass is 222 g/mol. The van der Waals surface area contributed by atoms with Crippen LogP contribution in [0.1, 0.15) is 26.2 Å². The molecule has 5 nitrogen and oxygen atoms in total. The zero-order chi connectivity index (χ0) is 11.2. The Bertz CT molecular complexity index is 252. The first-order chi connectivity index (χ1) is 6.46. The number of carbonyl (C=O) groups is 2. The van der Waals surface area contributed by atoms with E-state index in [9.17, 15) is 14.2 Å². The van der Waals surface area contributed by atoms with Crippen molar-refractivity contribution in [1.29, 1.82) is 0 Å². The lowest BCUT2D eigenvalue weighted by atomic mass is 10.2. The average molecular weight is 222 g/mol. The normalized spacial score (nSPS) is 11.4. The van der Waals surface area contributed by atoms with Gasteiger partial charge in [0.25, 0.3) is 0 Å². The van der Waals surface area contributed by atoms with Crippen LogP contribution in [0.5, 0.6) is 0 Å². The number of carbonyl (C=O) groups excluding carboxylic acids is 2. The molecule has 14 heavy (non-hydrogen) atoms. The molecular weight excluding hydrogens is 207 g/mol. The van der Waals surface area contributed by atoms with Gasteiger partial charge in [-0.1, -0.05) is 0 Å². The van der Waals surface area contributed by atoms with Crippen molar-refractivity contribution in [2.45, 2.75) is 26.2 Å². The van der Waals surface area contributed by atoms with E-state index in [1.165, 1.54) is 6.92 Å². The highest BCUT2D eigenvalue weighted by Gasteiger charge is 2.31. The zero-order valence-corrected chi connectivity index (χ0v) is 9.50. The summed E-state index contributed by atoms with van der Waals surface area (Å²) in [6, 6.07) is 0. The third-order valence-corrected chi connectivity index (χ3v) is 3.50. The number of ketones is 1. The van der Waals surface area contributed by atoms with Gasteiger partial charge in [0.15, 0.2) is 0 Å². The summed E-state index contributed by atoms with van der Waals surface area (Å²) < 4.78 is 20.5. The third kappa shape index (κ3) is 4.13. The van der Waals surface area contributed by atoms with E-state index < -0.39 is 13.1 Å². The van der Waals surface area contributed by atoms with Crippen molar-refractivity contribution in [2.24, 2.45) is 0 Å². The van der Waals surface area contributed by atoms with Gasteiger partial charge in [-0.15, -0.1) is 0 Å². The van der Waals surface area contributed by atoms with Gasteiger partial charge in [-0.2, -0.15) is 0 Å². The largest absolute Gasteiger partial charge is 0.396 e. The molecule has 0 spiro atoms. The van der Waals surface area contributed by atoms with Crippen molar-refractivity contribution in [3.05, 3.63) is 0 Å². The van der Waals surface area contributed by atoms with Crippen LogP contribution in [0.25, 0.3) is 0 Å². The predicted octanol–water partition coefficient (Wildman–Crippen LogP) is 1.76. The molecule has 0 saturated heterocycles. The molecule has 0 aliphatic heterocycles. The van der Waals surface area contributed by atoms with Crippen molar-refractivity contribution in [1.82, 2.24) is 0 Å². The maximum Gasteiger partial charge on any atom is 0.396 e. The van der Waals surface area contributed by atoms with Gasteiger partial charge >= 0.3 is 7.60 Å². The fraction of sp³-hybridized carbons (Fsp3) is 0.750. The van der Waals surface area contributed by atoms with Crippen LogP contribution in [0.2, 0.25) is 0 Å². The van der Waals surface area contributed by atoms with Crippen LogP contribution in [-0.4, -0.2) is 25.5 Å². The van der Waals surface area contributed by atoms with Crippen LogP contribution in [0.3, 0.4) is 0 Å². The topological polar surface area (TPSA) is 69.7 Å². The quantitative estimate of drug-likeness (QED) is 0.614. The van der Waals surface area contributed by atoms with E-state index in [0.717, 1.165) is 14.2 Å². The Morgan fingerprint density at radius 1 is 1.14 bits per heavy atom. The maximum atomic E-state index is 11.4. The molecule has 0 aromatic rings. The minimum absolute atomic E-state index is 0.00228. The fourth-order valence-corrected chi connectivity index (χ4v) is 1.89. The van der Waals surface area contributed by atoms with Crippen molar-refractivity contribution < 1.29 is 23.2 Å². The SMILES string of the molecule is COP(=O)(OC)C(=O)CCCC(C)=O. The molecule has 0 radical (unpaired) electrons. The Balaban J connectivity index is 4.07.